The van der Waals surface area contributed by atoms with Crippen LogP contribution >= 0.6 is 0 Å². The van der Waals surface area contributed by atoms with Crippen LogP contribution in [-0.2, 0) is 4.74 Å². The fourth-order valence-electron chi connectivity index (χ4n) is 1.30. The van der Waals surface area contributed by atoms with E-state index >= 15 is 0 Å². The molecule has 0 saturated heterocycles. The molecule has 5 nitrogen and oxygen atoms in total. The molecule has 0 saturated carbocycles. The summed E-state index contributed by atoms with van der Waals surface area (Å²) in [6.07, 6.45) is 2.61. The zero-order chi connectivity index (χ0) is 12.2. The molecule has 0 N–H and O–H groups in total. The summed E-state index contributed by atoms with van der Waals surface area (Å²) >= 11 is 0. The van der Waals surface area contributed by atoms with E-state index < -0.39 is 5.60 Å². The van der Waals surface area contributed by atoms with Gasteiger partial charge >= 0.3 is 6.09 Å². The summed E-state index contributed by atoms with van der Waals surface area (Å²) in [6.45, 7) is 7.93. The monoisotopic (exact) mass is 227 g/mol. The predicted octanol–water partition coefficient (Wildman–Crippen LogP) is 1.54. The molecule has 0 fully saturated rings. The zero-order valence-electron chi connectivity index (χ0n) is 10.6. The van der Waals surface area contributed by atoms with Gasteiger partial charge in [0.1, 0.15) is 5.60 Å². The van der Waals surface area contributed by atoms with Crippen molar-refractivity contribution in [3.63, 3.8) is 0 Å². The smallest absolute Gasteiger partial charge is 0.410 e. The Balaban J connectivity index is 2.25. The minimum atomic E-state index is -0.433. The van der Waals surface area contributed by atoms with E-state index in [1.54, 1.807) is 11.9 Å². The molecule has 0 bridgehead atoms. The van der Waals surface area contributed by atoms with Gasteiger partial charge in [-0.25, -0.2) is 4.79 Å². The van der Waals surface area contributed by atoms with Crippen LogP contribution in [0.2, 0.25) is 0 Å². The first kappa shape index (κ1) is 12.8. The highest BCUT2D eigenvalue weighted by atomic mass is 16.6. The average molecular weight is 227 g/mol. The normalized spacial score (nSPS) is 15.4. The van der Waals surface area contributed by atoms with Gasteiger partial charge in [0.2, 0.25) is 0 Å². The Morgan fingerprint density at radius 2 is 2.25 bits per heavy atom. The van der Waals surface area contributed by atoms with Gasteiger partial charge < -0.3 is 9.64 Å². The van der Waals surface area contributed by atoms with E-state index in [4.69, 9.17) is 4.74 Å². The van der Waals surface area contributed by atoms with E-state index in [0.717, 1.165) is 19.5 Å². The highest BCUT2D eigenvalue weighted by Gasteiger charge is 2.19. The quantitative estimate of drug-likeness (QED) is 0.734. The predicted molar refractivity (Wildman–Crippen MR) is 63.5 cm³/mol. The molecule has 5 heteroatoms. The van der Waals surface area contributed by atoms with Crippen molar-refractivity contribution in [2.24, 2.45) is 5.10 Å². The average Bonchev–Trinajstić information content (AvgIpc) is 2.63. The van der Waals surface area contributed by atoms with E-state index in [1.165, 1.54) is 0 Å². The maximum Gasteiger partial charge on any atom is 0.410 e. The highest BCUT2D eigenvalue weighted by molar-refractivity contribution is 5.67. The molecule has 0 aliphatic carbocycles. The van der Waals surface area contributed by atoms with Crippen LogP contribution < -0.4 is 0 Å². The molecule has 16 heavy (non-hydrogen) atoms. The summed E-state index contributed by atoms with van der Waals surface area (Å²) < 4.78 is 5.24. The molecule has 0 radical (unpaired) electrons. The van der Waals surface area contributed by atoms with Gasteiger partial charge in [-0.05, 0) is 20.8 Å². The molecule has 0 aromatic carbocycles. The van der Waals surface area contributed by atoms with E-state index in [9.17, 15) is 4.79 Å². The number of hydrogen-bond acceptors (Lipinski definition) is 4. The Kier molecular flexibility index (Phi) is 4.15. The van der Waals surface area contributed by atoms with Crippen molar-refractivity contribution in [1.82, 2.24) is 9.91 Å². The van der Waals surface area contributed by atoms with E-state index in [-0.39, 0.29) is 6.09 Å². The molecular weight excluding hydrogens is 206 g/mol. The largest absolute Gasteiger partial charge is 0.444 e. The third-order valence-corrected chi connectivity index (χ3v) is 2.16. The maximum absolute atomic E-state index is 11.6. The molecule has 0 unspecified atom stereocenters. The molecule has 1 aliphatic heterocycles. The van der Waals surface area contributed by atoms with Gasteiger partial charge in [0.05, 0.1) is 6.54 Å². The molecule has 1 aliphatic rings. The van der Waals surface area contributed by atoms with Crippen LogP contribution in [0.5, 0.6) is 0 Å². The first-order chi connectivity index (χ1) is 7.38. The van der Waals surface area contributed by atoms with Crippen LogP contribution in [0.25, 0.3) is 0 Å². The third kappa shape index (κ3) is 4.51. The first-order valence-corrected chi connectivity index (χ1v) is 5.60. The van der Waals surface area contributed by atoms with Crippen LogP contribution in [0.15, 0.2) is 5.10 Å². The lowest BCUT2D eigenvalue weighted by Gasteiger charge is -2.25. The summed E-state index contributed by atoms with van der Waals surface area (Å²) in [5.41, 5.74) is -0.433. The number of hydrogen-bond donors (Lipinski definition) is 0. The standard InChI is InChI=1S/C11H21N3O2/c1-11(2,3)16-10(15)13(4)8-9-14-7-5-6-12-14/h6H,5,7-9H2,1-4H3. The topological polar surface area (TPSA) is 45.1 Å². The van der Waals surface area contributed by atoms with Crippen molar-refractivity contribution in [2.75, 3.05) is 26.7 Å². The summed E-state index contributed by atoms with van der Waals surface area (Å²) in [5, 5.41) is 6.13. The van der Waals surface area contributed by atoms with E-state index in [1.807, 2.05) is 32.0 Å². The van der Waals surface area contributed by atoms with E-state index in [0.29, 0.717) is 6.54 Å². The first-order valence-electron chi connectivity index (χ1n) is 5.60. The Hall–Kier alpha value is -1.26. The van der Waals surface area contributed by atoms with Gasteiger partial charge in [-0.2, -0.15) is 5.10 Å². The van der Waals surface area contributed by atoms with Crippen molar-refractivity contribution in [3.05, 3.63) is 0 Å². The minimum Gasteiger partial charge on any atom is -0.444 e. The van der Waals surface area contributed by atoms with Gasteiger partial charge in [-0.1, -0.05) is 0 Å². The lowest BCUT2D eigenvalue weighted by atomic mass is 10.2. The van der Waals surface area contributed by atoms with Gasteiger partial charge in [-0.15, -0.1) is 0 Å². The molecule has 0 aromatic heterocycles. The van der Waals surface area contributed by atoms with Crippen molar-refractivity contribution in [3.8, 4) is 0 Å². The van der Waals surface area contributed by atoms with Crippen LogP contribution in [0.1, 0.15) is 27.2 Å². The Morgan fingerprint density at radius 3 is 2.75 bits per heavy atom. The number of hydrazone groups is 1. The number of carbonyl (C=O) groups is 1. The lowest BCUT2D eigenvalue weighted by Crippen LogP contribution is -2.37. The second-order valence-corrected chi connectivity index (χ2v) is 4.94. The molecular formula is C11H21N3O2. The fraction of sp³-hybridized carbons (Fsp3) is 0.818. The Labute approximate surface area is 97.0 Å². The Bertz CT molecular complexity index is 271. The number of rotatable bonds is 3. The summed E-state index contributed by atoms with van der Waals surface area (Å²) in [4.78, 5) is 13.2. The summed E-state index contributed by atoms with van der Waals surface area (Å²) in [5.74, 6) is 0. The zero-order valence-corrected chi connectivity index (χ0v) is 10.6. The summed E-state index contributed by atoms with van der Waals surface area (Å²) in [6, 6.07) is 0. The number of amides is 1. The molecule has 92 valence electrons. The van der Waals surface area contributed by atoms with Gasteiger partial charge in [-0.3, -0.25) is 5.01 Å². The molecule has 1 heterocycles. The second-order valence-electron chi connectivity index (χ2n) is 4.94. The van der Waals surface area contributed by atoms with Crippen LogP contribution in [-0.4, -0.2) is 54.5 Å². The number of carbonyl (C=O) groups excluding carboxylic acids is 1. The van der Waals surface area contributed by atoms with Crippen LogP contribution in [0, 0.1) is 0 Å². The molecule has 0 spiro atoms. The van der Waals surface area contributed by atoms with Crippen LogP contribution in [0.3, 0.4) is 0 Å². The highest BCUT2D eigenvalue weighted by Crippen LogP contribution is 2.09. The molecule has 0 atom stereocenters. The van der Waals surface area contributed by atoms with Crippen molar-refractivity contribution in [1.29, 1.82) is 0 Å². The molecule has 1 amide bonds. The number of nitrogens with zero attached hydrogens (tertiary/aromatic N) is 3. The SMILES string of the molecule is CN(CCN1CCC=N1)C(=O)OC(C)(C)C. The summed E-state index contributed by atoms with van der Waals surface area (Å²) in [7, 11) is 1.74. The maximum atomic E-state index is 11.6. The van der Waals surface area contributed by atoms with E-state index in [2.05, 4.69) is 5.10 Å². The van der Waals surface area contributed by atoms with Gasteiger partial charge in [0.15, 0.2) is 0 Å². The van der Waals surface area contributed by atoms with Crippen molar-refractivity contribution in [2.45, 2.75) is 32.8 Å². The van der Waals surface area contributed by atoms with Gasteiger partial charge in [0.25, 0.3) is 0 Å². The van der Waals surface area contributed by atoms with Gasteiger partial charge in [0, 0.05) is 32.8 Å². The second kappa shape index (κ2) is 5.18. The Morgan fingerprint density at radius 1 is 1.56 bits per heavy atom. The fourth-order valence-corrected chi connectivity index (χ4v) is 1.30. The van der Waals surface area contributed by atoms with Crippen molar-refractivity contribution >= 4 is 12.3 Å². The molecule has 0 aromatic rings. The molecule has 1 rings (SSSR count). The van der Waals surface area contributed by atoms with Crippen LogP contribution in [0.4, 0.5) is 4.79 Å². The number of ether oxygens (including phenoxy) is 1. The van der Waals surface area contributed by atoms with Crippen molar-refractivity contribution < 1.29 is 9.53 Å². The minimum absolute atomic E-state index is 0.282. The number of likely N-dealkylation sites (N-methyl/N-ethyl adjacent to an activating group) is 1. The lowest BCUT2D eigenvalue weighted by molar-refractivity contribution is 0.0285. The third-order valence-electron chi connectivity index (χ3n) is 2.16.